The standard InChI is InChI=1S/C11H9N3O4/c15-6-8-5-10(12-13-11(8)16)7-2-1-3-9(4-7)14(17)18/h1-5,15H,6H2,(H,13,16). The summed E-state index contributed by atoms with van der Waals surface area (Å²) in [6.07, 6.45) is 0. The summed E-state index contributed by atoms with van der Waals surface area (Å²) >= 11 is 0. The van der Waals surface area contributed by atoms with Crippen LogP contribution >= 0.6 is 0 Å². The minimum atomic E-state index is -0.512. The lowest BCUT2D eigenvalue weighted by Crippen LogP contribution is -2.14. The SMILES string of the molecule is O=c1[nH]nc(-c2cccc([N+](=O)[O-])c2)cc1CO. The Labute approximate surface area is 101 Å². The molecule has 7 nitrogen and oxygen atoms in total. The van der Waals surface area contributed by atoms with E-state index < -0.39 is 17.1 Å². The first-order chi connectivity index (χ1) is 8.61. The third kappa shape index (κ3) is 2.25. The summed E-state index contributed by atoms with van der Waals surface area (Å²) in [5, 5.41) is 25.6. The van der Waals surface area contributed by atoms with Gasteiger partial charge in [0.15, 0.2) is 0 Å². The number of nitro benzene ring substituents is 1. The number of nitrogens with zero attached hydrogens (tertiary/aromatic N) is 2. The van der Waals surface area contributed by atoms with E-state index in [9.17, 15) is 14.9 Å². The fourth-order valence-corrected chi connectivity index (χ4v) is 1.49. The van der Waals surface area contributed by atoms with Gasteiger partial charge in [-0.1, -0.05) is 12.1 Å². The Balaban J connectivity index is 2.51. The Morgan fingerprint density at radius 2 is 2.17 bits per heavy atom. The molecule has 2 aromatic rings. The van der Waals surface area contributed by atoms with Crippen molar-refractivity contribution in [2.24, 2.45) is 0 Å². The zero-order valence-corrected chi connectivity index (χ0v) is 9.16. The third-order valence-corrected chi connectivity index (χ3v) is 2.40. The summed E-state index contributed by atoms with van der Waals surface area (Å²) in [6, 6.07) is 7.27. The predicted octanol–water partition coefficient (Wildman–Crippen LogP) is 0.837. The number of H-pyrrole nitrogens is 1. The molecule has 18 heavy (non-hydrogen) atoms. The van der Waals surface area contributed by atoms with Crippen LogP contribution in [0.25, 0.3) is 11.3 Å². The van der Waals surface area contributed by atoms with Crippen LogP contribution in [-0.2, 0) is 6.61 Å². The average Bonchev–Trinajstić information content (AvgIpc) is 2.39. The van der Waals surface area contributed by atoms with Gasteiger partial charge in [0.2, 0.25) is 0 Å². The van der Waals surface area contributed by atoms with Gasteiger partial charge in [0.1, 0.15) is 0 Å². The summed E-state index contributed by atoms with van der Waals surface area (Å²) in [5.41, 5.74) is 0.474. The molecule has 0 atom stereocenters. The number of hydrogen-bond donors (Lipinski definition) is 2. The summed E-state index contributed by atoms with van der Waals surface area (Å²) in [4.78, 5) is 21.4. The van der Waals surface area contributed by atoms with E-state index in [-0.39, 0.29) is 11.3 Å². The normalized spacial score (nSPS) is 10.3. The number of aromatic nitrogens is 2. The summed E-state index contributed by atoms with van der Waals surface area (Å²) in [5.74, 6) is 0. The van der Waals surface area contributed by atoms with Crippen LogP contribution in [0.3, 0.4) is 0 Å². The molecule has 1 aromatic heterocycles. The largest absolute Gasteiger partial charge is 0.391 e. The number of hydrogen-bond acceptors (Lipinski definition) is 5. The highest BCUT2D eigenvalue weighted by Crippen LogP contribution is 2.21. The van der Waals surface area contributed by atoms with Crippen molar-refractivity contribution in [3.05, 3.63) is 56.4 Å². The Kier molecular flexibility index (Phi) is 3.16. The number of aliphatic hydroxyl groups excluding tert-OH is 1. The first-order valence-corrected chi connectivity index (χ1v) is 5.06. The van der Waals surface area contributed by atoms with Gasteiger partial charge >= 0.3 is 0 Å². The number of aromatic amines is 1. The zero-order valence-electron chi connectivity index (χ0n) is 9.16. The fourth-order valence-electron chi connectivity index (χ4n) is 1.49. The van der Waals surface area contributed by atoms with Crippen molar-refractivity contribution in [1.29, 1.82) is 0 Å². The van der Waals surface area contributed by atoms with Crippen molar-refractivity contribution in [1.82, 2.24) is 10.2 Å². The highest BCUT2D eigenvalue weighted by Gasteiger charge is 2.09. The van der Waals surface area contributed by atoms with Crippen molar-refractivity contribution >= 4 is 5.69 Å². The van der Waals surface area contributed by atoms with Gasteiger partial charge in [0.05, 0.1) is 17.2 Å². The Morgan fingerprint density at radius 3 is 2.83 bits per heavy atom. The number of rotatable bonds is 3. The molecule has 0 amide bonds. The maximum Gasteiger partial charge on any atom is 0.270 e. The molecule has 0 saturated heterocycles. The molecule has 0 aliphatic carbocycles. The van der Waals surface area contributed by atoms with Crippen LogP contribution in [0.5, 0.6) is 0 Å². The predicted molar refractivity (Wildman–Crippen MR) is 62.9 cm³/mol. The highest BCUT2D eigenvalue weighted by molar-refractivity contribution is 5.62. The van der Waals surface area contributed by atoms with Gasteiger partial charge in [-0.05, 0) is 6.07 Å². The molecule has 1 aromatic carbocycles. The van der Waals surface area contributed by atoms with Gasteiger partial charge in [-0.25, -0.2) is 5.10 Å². The van der Waals surface area contributed by atoms with E-state index in [1.54, 1.807) is 6.07 Å². The number of benzene rings is 1. The van der Waals surface area contributed by atoms with Gasteiger partial charge in [-0.2, -0.15) is 5.10 Å². The van der Waals surface area contributed by atoms with Gasteiger partial charge in [0, 0.05) is 23.3 Å². The Hall–Kier alpha value is -2.54. The van der Waals surface area contributed by atoms with E-state index in [1.165, 1.54) is 24.3 Å². The summed E-state index contributed by atoms with van der Waals surface area (Å²) < 4.78 is 0. The molecule has 0 fully saturated rings. The average molecular weight is 247 g/mol. The molecule has 7 heteroatoms. The molecular formula is C11H9N3O4. The van der Waals surface area contributed by atoms with E-state index in [1.807, 2.05) is 0 Å². The van der Waals surface area contributed by atoms with Crippen molar-refractivity contribution in [3.63, 3.8) is 0 Å². The highest BCUT2D eigenvalue weighted by atomic mass is 16.6. The molecule has 92 valence electrons. The minimum Gasteiger partial charge on any atom is -0.391 e. The van der Waals surface area contributed by atoms with E-state index in [0.29, 0.717) is 11.3 Å². The first kappa shape index (κ1) is 11.9. The zero-order chi connectivity index (χ0) is 13.1. The van der Waals surface area contributed by atoms with Gasteiger partial charge in [-0.3, -0.25) is 14.9 Å². The Morgan fingerprint density at radius 1 is 1.39 bits per heavy atom. The number of nitrogens with one attached hydrogen (secondary N) is 1. The molecule has 2 rings (SSSR count). The van der Waals surface area contributed by atoms with Gasteiger partial charge in [-0.15, -0.1) is 0 Å². The number of aliphatic hydroxyl groups is 1. The molecule has 0 aliphatic rings. The second-order valence-electron chi connectivity index (χ2n) is 3.57. The van der Waals surface area contributed by atoms with Crippen molar-refractivity contribution < 1.29 is 10.0 Å². The topological polar surface area (TPSA) is 109 Å². The van der Waals surface area contributed by atoms with Crippen LogP contribution in [0.1, 0.15) is 5.56 Å². The van der Waals surface area contributed by atoms with E-state index in [0.717, 1.165) is 0 Å². The quantitative estimate of drug-likeness (QED) is 0.616. The van der Waals surface area contributed by atoms with Crippen molar-refractivity contribution in [3.8, 4) is 11.3 Å². The molecular weight excluding hydrogens is 238 g/mol. The van der Waals surface area contributed by atoms with E-state index in [2.05, 4.69) is 10.2 Å². The first-order valence-electron chi connectivity index (χ1n) is 5.06. The van der Waals surface area contributed by atoms with Crippen LogP contribution in [-0.4, -0.2) is 20.2 Å². The minimum absolute atomic E-state index is 0.0638. The summed E-state index contributed by atoms with van der Waals surface area (Å²) in [6.45, 7) is -0.417. The maximum absolute atomic E-state index is 11.2. The number of non-ortho nitro benzene ring substituents is 1. The van der Waals surface area contributed by atoms with Crippen LogP contribution in [0.4, 0.5) is 5.69 Å². The molecule has 0 bridgehead atoms. The fraction of sp³-hybridized carbons (Fsp3) is 0.0909. The van der Waals surface area contributed by atoms with Gasteiger partial charge < -0.3 is 5.11 Å². The lowest BCUT2D eigenvalue weighted by atomic mass is 10.1. The molecule has 0 saturated carbocycles. The molecule has 0 unspecified atom stereocenters. The van der Waals surface area contributed by atoms with Crippen LogP contribution < -0.4 is 5.56 Å². The smallest absolute Gasteiger partial charge is 0.270 e. The van der Waals surface area contributed by atoms with E-state index >= 15 is 0 Å². The van der Waals surface area contributed by atoms with Crippen LogP contribution in [0, 0.1) is 10.1 Å². The van der Waals surface area contributed by atoms with E-state index in [4.69, 9.17) is 5.11 Å². The molecule has 0 aliphatic heterocycles. The second kappa shape index (κ2) is 4.76. The summed E-state index contributed by atoms with van der Waals surface area (Å²) in [7, 11) is 0. The molecule has 0 radical (unpaired) electrons. The van der Waals surface area contributed by atoms with Crippen LogP contribution in [0.2, 0.25) is 0 Å². The lowest BCUT2D eigenvalue weighted by Gasteiger charge is -2.01. The van der Waals surface area contributed by atoms with Crippen molar-refractivity contribution in [2.45, 2.75) is 6.61 Å². The Bertz CT molecular complexity index is 651. The maximum atomic E-state index is 11.2. The monoisotopic (exact) mass is 247 g/mol. The third-order valence-electron chi connectivity index (χ3n) is 2.40. The molecule has 2 N–H and O–H groups in total. The van der Waals surface area contributed by atoms with Crippen LogP contribution in [0.15, 0.2) is 35.1 Å². The molecule has 1 heterocycles. The number of nitro groups is 1. The lowest BCUT2D eigenvalue weighted by molar-refractivity contribution is -0.384. The van der Waals surface area contributed by atoms with Gasteiger partial charge in [0.25, 0.3) is 11.2 Å². The van der Waals surface area contributed by atoms with Crippen molar-refractivity contribution in [2.75, 3.05) is 0 Å². The molecule has 0 spiro atoms. The second-order valence-corrected chi connectivity index (χ2v) is 3.57.